The van der Waals surface area contributed by atoms with Crippen LogP contribution in [0.2, 0.25) is 10.2 Å². The number of pyridine rings is 1. The molecule has 0 aliphatic rings. The van der Waals surface area contributed by atoms with E-state index in [1.165, 1.54) is 6.07 Å². The molecule has 0 fully saturated rings. The number of nitrogens with zero attached hydrogens (tertiary/aromatic N) is 2. The van der Waals surface area contributed by atoms with E-state index in [0.717, 1.165) is 0 Å². The number of hydrogen-bond donors (Lipinski definition) is 0. The Morgan fingerprint density at radius 2 is 2.18 bits per heavy atom. The maximum atomic E-state index is 8.33. The molecule has 11 heavy (non-hydrogen) atoms. The van der Waals surface area contributed by atoms with Crippen LogP contribution in [-0.2, 0) is 6.42 Å². The predicted octanol–water partition coefficient (Wildman–Crippen LogP) is 2.45. The van der Waals surface area contributed by atoms with Crippen LogP contribution in [0, 0.1) is 11.3 Å². The van der Waals surface area contributed by atoms with Crippen LogP contribution in [0.4, 0.5) is 0 Å². The summed E-state index contributed by atoms with van der Waals surface area (Å²) in [4.78, 5) is 3.88. The number of halogens is 2. The van der Waals surface area contributed by atoms with Crippen LogP contribution < -0.4 is 0 Å². The lowest BCUT2D eigenvalue weighted by molar-refractivity contribution is 1.12. The summed E-state index contributed by atoms with van der Waals surface area (Å²) < 4.78 is 0. The lowest BCUT2D eigenvalue weighted by Crippen LogP contribution is -1.87. The van der Waals surface area contributed by atoms with Gasteiger partial charge in [0.15, 0.2) is 0 Å². The van der Waals surface area contributed by atoms with E-state index in [0.29, 0.717) is 15.9 Å². The van der Waals surface area contributed by atoms with Crippen LogP contribution in [0.25, 0.3) is 0 Å². The molecule has 0 bridgehead atoms. The van der Waals surface area contributed by atoms with Crippen LogP contribution in [-0.4, -0.2) is 4.98 Å². The second kappa shape index (κ2) is 3.56. The summed E-state index contributed by atoms with van der Waals surface area (Å²) in [5, 5.41) is 9.16. The van der Waals surface area contributed by atoms with Crippen molar-refractivity contribution in [2.75, 3.05) is 0 Å². The highest BCUT2D eigenvalue weighted by atomic mass is 35.5. The highest BCUT2D eigenvalue weighted by Gasteiger charge is 1.97. The molecule has 0 N–H and O–H groups in total. The first-order valence-corrected chi connectivity index (χ1v) is 3.67. The first kappa shape index (κ1) is 8.32. The third kappa shape index (κ3) is 2.38. The molecule has 2 nitrogen and oxygen atoms in total. The molecule has 0 spiro atoms. The fourth-order valence-corrected chi connectivity index (χ4v) is 1.20. The van der Waals surface area contributed by atoms with Crippen LogP contribution in [0.5, 0.6) is 0 Å². The van der Waals surface area contributed by atoms with Gasteiger partial charge in [-0.2, -0.15) is 5.26 Å². The van der Waals surface area contributed by atoms with Gasteiger partial charge in [-0.15, -0.1) is 0 Å². The molecule has 0 aliphatic heterocycles. The summed E-state index contributed by atoms with van der Waals surface area (Å²) in [5.74, 6) is 0. The maximum Gasteiger partial charge on any atom is 0.130 e. The van der Waals surface area contributed by atoms with Gasteiger partial charge in [0.2, 0.25) is 0 Å². The number of aromatic nitrogens is 1. The Morgan fingerprint density at radius 1 is 1.45 bits per heavy atom. The quantitative estimate of drug-likeness (QED) is 0.633. The Balaban J connectivity index is 3.01. The minimum Gasteiger partial charge on any atom is -0.240 e. The maximum absolute atomic E-state index is 8.33. The molecule has 0 amide bonds. The first-order valence-electron chi connectivity index (χ1n) is 2.91. The van der Waals surface area contributed by atoms with E-state index >= 15 is 0 Å². The van der Waals surface area contributed by atoms with Crippen molar-refractivity contribution in [3.8, 4) is 6.07 Å². The second-order valence-corrected chi connectivity index (χ2v) is 2.76. The molecular formula is C7H4Cl2N2. The van der Waals surface area contributed by atoms with Crippen LogP contribution in [0.15, 0.2) is 12.1 Å². The van der Waals surface area contributed by atoms with Crippen molar-refractivity contribution in [1.82, 2.24) is 4.98 Å². The summed E-state index contributed by atoms with van der Waals surface area (Å²) >= 11 is 11.2. The zero-order valence-corrected chi connectivity index (χ0v) is 7.02. The summed E-state index contributed by atoms with van der Waals surface area (Å²) in [6.45, 7) is 0. The van der Waals surface area contributed by atoms with E-state index in [1.54, 1.807) is 6.07 Å². The standard InChI is InChI=1S/C7H4Cl2N2/c8-5-3-6(1-2-10)11-7(9)4-5/h3-4H,1H2. The summed E-state index contributed by atoms with van der Waals surface area (Å²) in [6, 6.07) is 5.11. The van der Waals surface area contributed by atoms with Gasteiger partial charge in [-0.05, 0) is 12.1 Å². The normalized spacial score (nSPS) is 9.18. The zero-order valence-electron chi connectivity index (χ0n) is 5.51. The second-order valence-electron chi connectivity index (χ2n) is 1.93. The van der Waals surface area contributed by atoms with E-state index in [4.69, 9.17) is 28.5 Å². The predicted molar refractivity (Wildman–Crippen MR) is 43.6 cm³/mol. The average Bonchev–Trinajstić information content (AvgIpc) is 1.85. The molecule has 1 rings (SSSR count). The largest absolute Gasteiger partial charge is 0.240 e. The molecule has 0 atom stereocenters. The molecule has 0 saturated carbocycles. The van der Waals surface area contributed by atoms with Crippen molar-refractivity contribution in [2.45, 2.75) is 6.42 Å². The molecular weight excluding hydrogens is 183 g/mol. The number of rotatable bonds is 1. The molecule has 0 aliphatic carbocycles. The van der Waals surface area contributed by atoms with Gasteiger partial charge in [0, 0.05) is 5.02 Å². The van der Waals surface area contributed by atoms with Crippen LogP contribution in [0.1, 0.15) is 5.69 Å². The zero-order chi connectivity index (χ0) is 8.27. The van der Waals surface area contributed by atoms with E-state index in [1.807, 2.05) is 6.07 Å². The van der Waals surface area contributed by atoms with E-state index in [-0.39, 0.29) is 6.42 Å². The van der Waals surface area contributed by atoms with Crippen LogP contribution >= 0.6 is 23.2 Å². The monoisotopic (exact) mass is 186 g/mol. The minimum absolute atomic E-state index is 0.236. The SMILES string of the molecule is N#CCc1cc(Cl)cc(Cl)n1. The highest BCUT2D eigenvalue weighted by Crippen LogP contribution is 2.15. The molecule has 0 unspecified atom stereocenters. The van der Waals surface area contributed by atoms with Crippen LogP contribution in [0.3, 0.4) is 0 Å². The lowest BCUT2D eigenvalue weighted by Gasteiger charge is -1.95. The molecule has 1 aromatic rings. The van der Waals surface area contributed by atoms with Crippen molar-refractivity contribution < 1.29 is 0 Å². The van der Waals surface area contributed by atoms with E-state index in [9.17, 15) is 0 Å². The Labute approximate surface area is 74.4 Å². The minimum atomic E-state index is 0.236. The topological polar surface area (TPSA) is 36.7 Å². The van der Waals surface area contributed by atoms with Crippen molar-refractivity contribution in [3.05, 3.63) is 28.0 Å². The van der Waals surface area contributed by atoms with E-state index in [2.05, 4.69) is 4.98 Å². The lowest BCUT2D eigenvalue weighted by atomic mass is 10.3. The number of nitriles is 1. The van der Waals surface area contributed by atoms with Gasteiger partial charge in [-0.1, -0.05) is 23.2 Å². The van der Waals surface area contributed by atoms with Crippen molar-refractivity contribution >= 4 is 23.2 Å². The molecule has 0 aromatic carbocycles. The first-order chi connectivity index (χ1) is 5.22. The van der Waals surface area contributed by atoms with Gasteiger partial charge < -0.3 is 0 Å². The molecule has 0 radical (unpaired) electrons. The summed E-state index contributed by atoms with van der Waals surface area (Å²) in [6.07, 6.45) is 0.236. The summed E-state index contributed by atoms with van der Waals surface area (Å²) in [7, 11) is 0. The van der Waals surface area contributed by atoms with Crippen molar-refractivity contribution in [3.63, 3.8) is 0 Å². The highest BCUT2D eigenvalue weighted by molar-refractivity contribution is 6.33. The smallest absolute Gasteiger partial charge is 0.130 e. The molecule has 4 heteroatoms. The summed E-state index contributed by atoms with van der Waals surface area (Å²) in [5.41, 5.74) is 0.602. The molecule has 1 aromatic heterocycles. The Kier molecular flexibility index (Phi) is 2.70. The van der Waals surface area contributed by atoms with Gasteiger partial charge in [0.1, 0.15) is 5.15 Å². The fraction of sp³-hybridized carbons (Fsp3) is 0.143. The van der Waals surface area contributed by atoms with Gasteiger partial charge in [-0.25, -0.2) is 4.98 Å². The average molecular weight is 187 g/mol. The number of hydrogen-bond acceptors (Lipinski definition) is 2. The molecule has 0 saturated heterocycles. The van der Waals surface area contributed by atoms with Gasteiger partial charge in [0.05, 0.1) is 18.2 Å². The molecule has 1 heterocycles. The van der Waals surface area contributed by atoms with Crippen molar-refractivity contribution in [1.29, 1.82) is 5.26 Å². The van der Waals surface area contributed by atoms with E-state index < -0.39 is 0 Å². The van der Waals surface area contributed by atoms with Gasteiger partial charge in [-0.3, -0.25) is 0 Å². The van der Waals surface area contributed by atoms with Gasteiger partial charge in [0.25, 0.3) is 0 Å². The third-order valence-electron chi connectivity index (χ3n) is 1.07. The molecule has 56 valence electrons. The third-order valence-corrected chi connectivity index (χ3v) is 1.48. The van der Waals surface area contributed by atoms with Gasteiger partial charge >= 0.3 is 0 Å². The Bertz CT molecular complexity index is 284. The Hall–Kier alpha value is -0.780. The Morgan fingerprint density at radius 3 is 2.73 bits per heavy atom. The van der Waals surface area contributed by atoms with Crippen molar-refractivity contribution in [2.24, 2.45) is 0 Å². The fourth-order valence-electron chi connectivity index (χ4n) is 0.688.